The molecule has 5 rings (SSSR count). The Kier molecular flexibility index (Phi) is 6.88. The average molecular weight is 518 g/mol. The van der Waals surface area contributed by atoms with Crippen molar-refractivity contribution in [2.75, 3.05) is 18.6 Å². The first-order chi connectivity index (χ1) is 18.2. The van der Waals surface area contributed by atoms with E-state index in [0.29, 0.717) is 29.3 Å². The van der Waals surface area contributed by atoms with E-state index >= 15 is 0 Å². The molecule has 2 atom stereocenters. The Morgan fingerprint density at radius 2 is 1.87 bits per heavy atom. The number of ketones is 2. The van der Waals surface area contributed by atoms with Crippen molar-refractivity contribution in [3.8, 4) is 0 Å². The molecule has 1 heterocycles. The largest absolute Gasteiger partial charge is 0.334 e. The molecule has 2 fully saturated rings. The molecule has 1 spiro atoms. The van der Waals surface area contributed by atoms with E-state index in [1.807, 2.05) is 42.2 Å². The van der Waals surface area contributed by atoms with E-state index in [2.05, 4.69) is 5.32 Å². The van der Waals surface area contributed by atoms with Crippen molar-refractivity contribution in [3.63, 3.8) is 0 Å². The van der Waals surface area contributed by atoms with Gasteiger partial charge in [0.1, 0.15) is 19.1 Å². The number of hydrogen-bond acceptors (Lipinski definition) is 6. The van der Waals surface area contributed by atoms with Gasteiger partial charge in [0, 0.05) is 30.3 Å². The quantitative estimate of drug-likeness (QED) is 0.512. The van der Waals surface area contributed by atoms with Crippen molar-refractivity contribution in [2.24, 2.45) is 5.92 Å². The molecule has 0 aromatic heterocycles. The zero-order valence-electron chi connectivity index (χ0n) is 21.6. The van der Waals surface area contributed by atoms with Gasteiger partial charge in [0.05, 0.1) is 6.42 Å². The highest BCUT2D eigenvalue weighted by Gasteiger charge is 2.59. The molecule has 1 saturated carbocycles. The van der Waals surface area contributed by atoms with Gasteiger partial charge in [0.2, 0.25) is 17.4 Å². The molecular weight excluding hydrogens is 486 g/mol. The molecule has 1 saturated heterocycles. The molecule has 2 aromatic carbocycles. The first-order valence-electron chi connectivity index (χ1n) is 12.9. The topological polar surface area (TPSA) is 113 Å². The fourth-order valence-corrected chi connectivity index (χ4v) is 5.39. The normalized spacial score (nSPS) is 20.9. The van der Waals surface area contributed by atoms with Gasteiger partial charge < -0.3 is 19.9 Å². The number of nitrogens with zero attached hydrogens (tertiary/aromatic N) is 2. The van der Waals surface area contributed by atoms with Crippen LogP contribution in [0, 0.1) is 5.92 Å². The Hall–Kier alpha value is -3.85. The molecule has 9 nitrogen and oxygen atoms in total. The van der Waals surface area contributed by atoms with Gasteiger partial charge in [-0.05, 0) is 55.9 Å². The first kappa shape index (κ1) is 25.8. The number of benzene rings is 2. The van der Waals surface area contributed by atoms with Gasteiger partial charge in [0.15, 0.2) is 5.78 Å². The molecule has 3 amide bonds. The molecule has 0 bridgehead atoms. The molecule has 1 aliphatic heterocycles. The second kappa shape index (κ2) is 10.1. The van der Waals surface area contributed by atoms with Gasteiger partial charge in [-0.15, -0.1) is 0 Å². The summed E-state index contributed by atoms with van der Waals surface area (Å²) in [5.41, 5.74) is 0.678. The average Bonchev–Trinajstić information content (AvgIpc) is 3.62. The number of carbonyl (C=O) groups is 5. The summed E-state index contributed by atoms with van der Waals surface area (Å²) in [4.78, 5) is 66.6. The van der Waals surface area contributed by atoms with Crippen LogP contribution in [-0.2, 0) is 47.3 Å². The van der Waals surface area contributed by atoms with Crippen LogP contribution in [0.5, 0.6) is 0 Å². The number of carbonyl (C=O) groups excluding carboxylic acids is 5. The molecule has 2 aromatic rings. The van der Waals surface area contributed by atoms with Crippen molar-refractivity contribution in [3.05, 3.63) is 65.2 Å². The highest BCUT2D eigenvalue weighted by molar-refractivity contribution is 6.15. The van der Waals surface area contributed by atoms with Crippen molar-refractivity contribution < 1.29 is 28.7 Å². The number of Topliss-reactive ketones (excluding diaryl/α,β-unsaturated/α-hetero) is 2. The van der Waals surface area contributed by atoms with Gasteiger partial charge in [-0.2, -0.15) is 0 Å². The van der Waals surface area contributed by atoms with Gasteiger partial charge in [0.25, 0.3) is 5.91 Å². The number of rotatable bonds is 9. The molecule has 2 aliphatic carbocycles. The molecule has 1 N–H and O–H groups in total. The summed E-state index contributed by atoms with van der Waals surface area (Å²) in [5, 5.41) is 2.64. The van der Waals surface area contributed by atoms with Gasteiger partial charge in [-0.1, -0.05) is 36.4 Å². The summed E-state index contributed by atoms with van der Waals surface area (Å²) < 4.78 is 5.88. The van der Waals surface area contributed by atoms with E-state index in [9.17, 15) is 24.0 Å². The van der Waals surface area contributed by atoms with E-state index in [4.69, 9.17) is 4.74 Å². The Labute approximate surface area is 221 Å². The number of ether oxygens (including phenoxy) is 1. The summed E-state index contributed by atoms with van der Waals surface area (Å²) in [6.45, 7) is 3.49. The van der Waals surface area contributed by atoms with Crippen LogP contribution >= 0.6 is 0 Å². The smallest absolute Gasteiger partial charge is 0.269 e. The zero-order chi connectivity index (χ0) is 27.0. The third kappa shape index (κ3) is 4.86. The van der Waals surface area contributed by atoms with Crippen molar-refractivity contribution in [2.45, 2.75) is 57.7 Å². The number of anilines is 1. The number of nitrogens with one attached hydrogen (secondary N) is 1. The molecule has 38 heavy (non-hydrogen) atoms. The Morgan fingerprint density at radius 1 is 1.13 bits per heavy atom. The second-order valence-corrected chi connectivity index (χ2v) is 10.4. The monoisotopic (exact) mass is 517 g/mol. The van der Waals surface area contributed by atoms with E-state index in [1.54, 1.807) is 18.2 Å². The van der Waals surface area contributed by atoms with Crippen molar-refractivity contribution in [1.82, 2.24) is 9.80 Å². The SMILES string of the molecule is CC(=O)CC(=O)Nc1ccc2c(c1)CC(=O)[C@@]21OCN(CC(=O)N(Cc2ccccc2)C(C)C2CC2)C1=O. The maximum atomic E-state index is 13.6. The lowest BCUT2D eigenvalue weighted by Gasteiger charge is -2.31. The van der Waals surface area contributed by atoms with Gasteiger partial charge in [-0.3, -0.25) is 24.0 Å². The lowest BCUT2D eigenvalue weighted by molar-refractivity contribution is -0.149. The third-order valence-electron chi connectivity index (χ3n) is 7.58. The summed E-state index contributed by atoms with van der Waals surface area (Å²) in [6, 6.07) is 14.6. The molecule has 1 unspecified atom stereocenters. The summed E-state index contributed by atoms with van der Waals surface area (Å²) in [5.74, 6) is -1.38. The Morgan fingerprint density at radius 3 is 2.55 bits per heavy atom. The highest BCUT2D eigenvalue weighted by atomic mass is 16.5. The number of fused-ring (bicyclic) bond motifs is 2. The third-order valence-corrected chi connectivity index (χ3v) is 7.58. The Bertz CT molecular complexity index is 1300. The predicted molar refractivity (Wildman–Crippen MR) is 138 cm³/mol. The lowest BCUT2D eigenvalue weighted by atomic mass is 9.94. The number of hydrogen-bond donors (Lipinski definition) is 1. The maximum absolute atomic E-state index is 13.6. The van der Waals surface area contributed by atoms with Crippen LogP contribution < -0.4 is 5.32 Å². The van der Waals surface area contributed by atoms with E-state index < -0.39 is 23.2 Å². The predicted octanol–water partition coefficient (Wildman–Crippen LogP) is 2.57. The van der Waals surface area contributed by atoms with Crippen LogP contribution in [0.3, 0.4) is 0 Å². The first-order valence-corrected chi connectivity index (χ1v) is 12.9. The highest BCUT2D eigenvalue weighted by Crippen LogP contribution is 2.43. The van der Waals surface area contributed by atoms with Crippen LogP contribution in [0.1, 0.15) is 49.8 Å². The summed E-state index contributed by atoms with van der Waals surface area (Å²) >= 11 is 0. The summed E-state index contributed by atoms with van der Waals surface area (Å²) in [6.07, 6.45) is 1.89. The standard InChI is InChI=1S/C29H31N3O6/c1-18(33)12-26(35)30-23-10-11-24-22(13-23)14-25(34)29(24)28(37)31(17-38-29)16-27(36)32(19(2)21-8-9-21)15-20-6-4-3-5-7-20/h3-7,10-11,13,19,21H,8-9,12,14-17H2,1-2H3,(H,30,35)/t19?,29-/m0/s1. The molecular formula is C29H31N3O6. The van der Waals surface area contributed by atoms with Gasteiger partial charge in [-0.25, -0.2) is 0 Å². The molecule has 198 valence electrons. The molecule has 3 aliphatic rings. The second-order valence-electron chi connectivity index (χ2n) is 10.4. The fourth-order valence-electron chi connectivity index (χ4n) is 5.39. The number of amides is 3. The lowest BCUT2D eigenvalue weighted by Crippen LogP contribution is -2.48. The minimum atomic E-state index is -1.77. The minimum absolute atomic E-state index is 0.0296. The Balaban J connectivity index is 1.32. The minimum Gasteiger partial charge on any atom is -0.334 e. The van der Waals surface area contributed by atoms with E-state index in [1.165, 1.54) is 11.8 Å². The van der Waals surface area contributed by atoms with Crippen LogP contribution in [0.25, 0.3) is 0 Å². The fraction of sp³-hybridized carbons (Fsp3) is 0.414. The molecule has 9 heteroatoms. The van der Waals surface area contributed by atoms with E-state index in [-0.39, 0.29) is 43.8 Å². The molecule has 0 radical (unpaired) electrons. The van der Waals surface area contributed by atoms with Crippen LogP contribution in [0.4, 0.5) is 5.69 Å². The van der Waals surface area contributed by atoms with E-state index in [0.717, 1.165) is 18.4 Å². The van der Waals surface area contributed by atoms with Crippen molar-refractivity contribution >= 4 is 35.0 Å². The zero-order valence-corrected chi connectivity index (χ0v) is 21.6. The van der Waals surface area contributed by atoms with Crippen LogP contribution in [0.2, 0.25) is 0 Å². The van der Waals surface area contributed by atoms with Crippen LogP contribution in [0.15, 0.2) is 48.5 Å². The van der Waals surface area contributed by atoms with Gasteiger partial charge >= 0.3 is 0 Å². The summed E-state index contributed by atoms with van der Waals surface area (Å²) in [7, 11) is 0. The van der Waals surface area contributed by atoms with Crippen LogP contribution in [-0.4, -0.2) is 58.4 Å². The van der Waals surface area contributed by atoms with Crippen molar-refractivity contribution in [1.29, 1.82) is 0 Å². The maximum Gasteiger partial charge on any atom is 0.269 e.